The Bertz CT molecular complexity index is 597. The summed E-state index contributed by atoms with van der Waals surface area (Å²) in [5.74, 6) is 0.847. The first kappa shape index (κ1) is 16.1. The molecule has 1 heterocycles. The number of thioether (sulfide) groups is 1. The minimum atomic E-state index is -0.326. The van der Waals surface area contributed by atoms with E-state index in [-0.39, 0.29) is 23.1 Å². The van der Waals surface area contributed by atoms with E-state index in [0.29, 0.717) is 16.5 Å². The number of hydrogen-bond acceptors (Lipinski definition) is 4. The average molecular weight is 309 g/mol. The van der Waals surface area contributed by atoms with E-state index < -0.39 is 0 Å². The Kier molecular flexibility index (Phi) is 5.08. The zero-order valence-electron chi connectivity index (χ0n) is 13.1. The van der Waals surface area contributed by atoms with Gasteiger partial charge in [0.05, 0.1) is 5.69 Å². The smallest absolute Gasteiger partial charge is 0.279 e. The molecule has 2 rings (SSSR count). The molecule has 0 unspecified atom stereocenters. The Labute approximate surface area is 129 Å². The Morgan fingerprint density at radius 3 is 2.81 bits per heavy atom. The van der Waals surface area contributed by atoms with Crippen molar-refractivity contribution >= 4 is 17.7 Å². The SMILES string of the molecule is CCS[C@H]1CC[C@H](NC(=O)c2c(C)c(C)nn(C)c2=O)C1. The minimum absolute atomic E-state index is 0.180. The van der Waals surface area contributed by atoms with E-state index in [9.17, 15) is 9.59 Å². The summed E-state index contributed by atoms with van der Waals surface area (Å²) in [7, 11) is 1.58. The molecule has 1 N–H and O–H groups in total. The van der Waals surface area contributed by atoms with E-state index in [4.69, 9.17) is 0 Å². The van der Waals surface area contributed by atoms with Gasteiger partial charge in [0.1, 0.15) is 5.56 Å². The maximum atomic E-state index is 12.5. The number of nitrogens with one attached hydrogen (secondary N) is 1. The molecule has 1 aromatic heterocycles. The molecule has 0 radical (unpaired) electrons. The molecule has 2 atom stereocenters. The number of nitrogens with zero attached hydrogens (tertiary/aromatic N) is 2. The average Bonchev–Trinajstić information content (AvgIpc) is 2.84. The van der Waals surface area contributed by atoms with Crippen molar-refractivity contribution in [2.45, 2.75) is 51.3 Å². The van der Waals surface area contributed by atoms with Crippen LogP contribution in [0.15, 0.2) is 4.79 Å². The molecule has 0 spiro atoms. The summed E-state index contributed by atoms with van der Waals surface area (Å²) in [6.07, 6.45) is 3.12. The standard InChI is InChI=1S/C15H23N3O2S/c1-5-21-12-7-6-11(8-12)16-14(19)13-9(2)10(3)17-18(4)15(13)20/h11-12H,5-8H2,1-4H3,(H,16,19)/t11-,12-/m0/s1. The lowest BCUT2D eigenvalue weighted by molar-refractivity contribution is 0.0934. The molecule has 0 bridgehead atoms. The Morgan fingerprint density at radius 2 is 2.14 bits per heavy atom. The molecule has 0 saturated heterocycles. The van der Waals surface area contributed by atoms with Gasteiger partial charge in [-0.15, -0.1) is 0 Å². The van der Waals surface area contributed by atoms with Crippen LogP contribution < -0.4 is 10.9 Å². The number of carbonyl (C=O) groups is 1. The van der Waals surface area contributed by atoms with Crippen LogP contribution in [0.3, 0.4) is 0 Å². The lowest BCUT2D eigenvalue weighted by Crippen LogP contribution is -2.39. The molecule has 1 aliphatic carbocycles. The third-order valence-corrected chi connectivity index (χ3v) is 5.31. The van der Waals surface area contributed by atoms with Crippen LogP contribution >= 0.6 is 11.8 Å². The first-order chi connectivity index (χ1) is 9.93. The molecule has 1 fully saturated rings. The van der Waals surface area contributed by atoms with Gasteiger partial charge in [0.15, 0.2) is 0 Å². The molecule has 1 amide bonds. The van der Waals surface area contributed by atoms with Crippen LogP contribution in [0.5, 0.6) is 0 Å². The van der Waals surface area contributed by atoms with E-state index in [0.717, 1.165) is 25.0 Å². The zero-order chi connectivity index (χ0) is 15.6. The summed E-state index contributed by atoms with van der Waals surface area (Å²) >= 11 is 1.95. The largest absolute Gasteiger partial charge is 0.349 e. The highest BCUT2D eigenvalue weighted by atomic mass is 32.2. The second-order valence-electron chi connectivity index (χ2n) is 5.57. The van der Waals surface area contributed by atoms with E-state index in [1.165, 1.54) is 4.68 Å². The molecule has 1 aliphatic rings. The highest BCUT2D eigenvalue weighted by Gasteiger charge is 2.27. The van der Waals surface area contributed by atoms with Crippen molar-refractivity contribution in [2.24, 2.45) is 7.05 Å². The molecular formula is C15H23N3O2S. The summed E-state index contributed by atoms with van der Waals surface area (Å²) in [6.45, 7) is 5.75. The third kappa shape index (κ3) is 3.48. The van der Waals surface area contributed by atoms with Crippen molar-refractivity contribution in [1.29, 1.82) is 0 Å². The van der Waals surface area contributed by atoms with E-state index in [2.05, 4.69) is 17.3 Å². The maximum Gasteiger partial charge on any atom is 0.279 e. The normalized spacial score (nSPS) is 21.5. The summed E-state index contributed by atoms with van der Waals surface area (Å²) in [6, 6.07) is 0.180. The van der Waals surface area contributed by atoms with Gasteiger partial charge in [0.25, 0.3) is 11.5 Å². The molecule has 21 heavy (non-hydrogen) atoms. The predicted octanol–water partition coefficient (Wildman–Crippen LogP) is 1.80. The van der Waals surface area contributed by atoms with E-state index >= 15 is 0 Å². The third-order valence-electron chi connectivity index (χ3n) is 4.07. The van der Waals surface area contributed by atoms with Crippen molar-refractivity contribution in [1.82, 2.24) is 15.1 Å². The summed E-state index contributed by atoms with van der Waals surface area (Å²) in [5, 5.41) is 7.76. The molecule has 5 nitrogen and oxygen atoms in total. The second-order valence-corrected chi connectivity index (χ2v) is 7.15. The topological polar surface area (TPSA) is 64.0 Å². The van der Waals surface area contributed by atoms with Gasteiger partial charge in [-0.05, 0) is 44.4 Å². The molecule has 0 aromatic carbocycles. The molecule has 6 heteroatoms. The summed E-state index contributed by atoms with van der Waals surface area (Å²) < 4.78 is 1.24. The van der Waals surface area contributed by atoms with Gasteiger partial charge in [-0.3, -0.25) is 9.59 Å². The molecular weight excluding hydrogens is 286 g/mol. The Hall–Kier alpha value is -1.30. The maximum absolute atomic E-state index is 12.5. The number of carbonyl (C=O) groups excluding carboxylic acids is 1. The van der Waals surface area contributed by atoms with E-state index in [1.54, 1.807) is 14.0 Å². The van der Waals surface area contributed by atoms with Gasteiger partial charge < -0.3 is 5.32 Å². The number of amides is 1. The van der Waals surface area contributed by atoms with Crippen molar-refractivity contribution < 1.29 is 4.79 Å². The van der Waals surface area contributed by atoms with Gasteiger partial charge in [-0.2, -0.15) is 16.9 Å². The van der Waals surface area contributed by atoms with Gasteiger partial charge >= 0.3 is 0 Å². The number of aromatic nitrogens is 2. The van der Waals surface area contributed by atoms with Crippen molar-refractivity contribution in [3.63, 3.8) is 0 Å². The van der Waals surface area contributed by atoms with Crippen LogP contribution in [0.4, 0.5) is 0 Å². The van der Waals surface area contributed by atoms with Crippen LogP contribution in [0, 0.1) is 13.8 Å². The molecule has 1 aromatic rings. The van der Waals surface area contributed by atoms with Crippen LogP contribution in [-0.4, -0.2) is 32.7 Å². The highest BCUT2D eigenvalue weighted by Crippen LogP contribution is 2.29. The molecule has 116 valence electrons. The van der Waals surface area contributed by atoms with Crippen LogP contribution in [-0.2, 0) is 7.05 Å². The van der Waals surface area contributed by atoms with Crippen molar-refractivity contribution in [2.75, 3.05) is 5.75 Å². The zero-order valence-corrected chi connectivity index (χ0v) is 13.9. The van der Waals surface area contributed by atoms with Gasteiger partial charge in [0.2, 0.25) is 0 Å². The summed E-state index contributed by atoms with van der Waals surface area (Å²) in [4.78, 5) is 24.6. The highest BCUT2D eigenvalue weighted by molar-refractivity contribution is 7.99. The van der Waals surface area contributed by atoms with Crippen molar-refractivity contribution in [3.05, 3.63) is 27.2 Å². The number of rotatable bonds is 4. The minimum Gasteiger partial charge on any atom is -0.349 e. The fourth-order valence-electron chi connectivity index (χ4n) is 2.83. The quantitative estimate of drug-likeness (QED) is 0.921. The molecule has 1 saturated carbocycles. The van der Waals surface area contributed by atoms with Crippen LogP contribution in [0.2, 0.25) is 0 Å². The fraction of sp³-hybridized carbons (Fsp3) is 0.667. The molecule has 0 aliphatic heterocycles. The lowest BCUT2D eigenvalue weighted by atomic mass is 10.1. The van der Waals surface area contributed by atoms with Crippen molar-refractivity contribution in [3.8, 4) is 0 Å². The number of hydrogen-bond donors (Lipinski definition) is 1. The Balaban J connectivity index is 2.13. The van der Waals surface area contributed by atoms with Crippen LogP contribution in [0.1, 0.15) is 47.8 Å². The monoisotopic (exact) mass is 309 g/mol. The van der Waals surface area contributed by atoms with Gasteiger partial charge in [-0.1, -0.05) is 6.92 Å². The van der Waals surface area contributed by atoms with E-state index in [1.807, 2.05) is 18.7 Å². The summed E-state index contributed by atoms with van der Waals surface area (Å²) in [5.41, 5.74) is 1.30. The van der Waals surface area contributed by atoms with Crippen LogP contribution in [0.25, 0.3) is 0 Å². The Morgan fingerprint density at radius 1 is 1.43 bits per heavy atom. The lowest BCUT2D eigenvalue weighted by Gasteiger charge is -2.15. The number of aryl methyl sites for hydroxylation is 2. The first-order valence-electron chi connectivity index (χ1n) is 7.41. The first-order valence-corrected chi connectivity index (χ1v) is 8.45. The van der Waals surface area contributed by atoms with Gasteiger partial charge in [-0.25, -0.2) is 4.68 Å². The van der Waals surface area contributed by atoms with Gasteiger partial charge in [0, 0.05) is 18.3 Å². The second kappa shape index (κ2) is 6.64. The predicted molar refractivity (Wildman–Crippen MR) is 86.0 cm³/mol. The fourth-order valence-corrected chi connectivity index (χ4v) is 3.97.